The van der Waals surface area contributed by atoms with Crippen molar-refractivity contribution in [3.63, 3.8) is 0 Å². The van der Waals surface area contributed by atoms with Gasteiger partial charge in [-0.25, -0.2) is 8.42 Å². The van der Waals surface area contributed by atoms with E-state index in [0.29, 0.717) is 35.4 Å². The molecule has 0 heterocycles. The third-order valence-electron chi connectivity index (χ3n) is 2.36. The minimum absolute atomic E-state index is 0.0968. The van der Waals surface area contributed by atoms with Crippen LogP contribution < -0.4 is 10.1 Å². The van der Waals surface area contributed by atoms with E-state index in [9.17, 15) is 8.42 Å². The molecule has 1 aromatic rings. The van der Waals surface area contributed by atoms with Crippen LogP contribution in [0.25, 0.3) is 0 Å². The maximum absolute atomic E-state index is 11.0. The molecule has 0 amide bonds. The van der Waals surface area contributed by atoms with Crippen LogP contribution in [0.1, 0.15) is 12.0 Å². The molecule has 0 radical (unpaired) electrons. The molecule has 1 N–H and O–H groups in total. The van der Waals surface area contributed by atoms with E-state index in [1.165, 1.54) is 6.26 Å². The van der Waals surface area contributed by atoms with Crippen LogP contribution in [-0.2, 0) is 16.4 Å². The molecule has 108 valence electrons. The van der Waals surface area contributed by atoms with Crippen molar-refractivity contribution < 1.29 is 13.2 Å². The smallest absolute Gasteiger partial charge is 0.147 e. The molecule has 7 heteroatoms. The molecule has 0 spiro atoms. The number of rotatable bonds is 7. The summed E-state index contributed by atoms with van der Waals surface area (Å²) in [7, 11) is -1.15. The van der Waals surface area contributed by atoms with E-state index in [1.807, 2.05) is 7.05 Å². The molecule has 0 saturated heterocycles. The first kappa shape index (κ1) is 16.6. The van der Waals surface area contributed by atoms with E-state index in [1.54, 1.807) is 12.1 Å². The van der Waals surface area contributed by atoms with Crippen molar-refractivity contribution >= 4 is 33.0 Å². The van der Waals surface area contributed by atoms with Gasteiger partial charge in [-0.2, -0.15) is 0 Å². The Kier molecular flexibility index (Phi) is 6.39. The second kappa shape index (κ2) is 7.33. The number of hydrogen-bond donors (Lipinski definition) is 1. The standard InChI is InChI=1S/C12H17Cl2NO3S/c1-15-8-9-6-10(13)7-11(14)12(9)18-4-3-5-19(2,16)17/h6-7,15H,3-5,8H2,1-2H3. The molecular weight excluding hydrogens is 309 g/mol. The summed E-state index contributed by atoms with van der Waals surface area (Å²) in [6.07, 6.45) is 1.63. The van der Waals surface area contributed by atoms with Crippen LogP contribution in [0.5, 0.6) is 5.75 Å². The molecule has 0 atom stereocenters. The maximum atomic E-state index is 11.0. The van der Waals surface area contributed by atoms with Gasteiger partial charge in [0.2, 0.25) is 0 Å². The Bertz CT molecular complexity index is 532. The molecule has 0 aliphatic carbocycles. The lowest BCUT2D eigenvalue weighted by Gasteiger charge is -2.13. The van der Waals surface area contributed by atoms with Gasteiger partial charge in [0.05, 0.1) is 17.4 Å². The van der Waals surface area contributed by atoms with Crippen molar-refractivity contribution in [2.75, 3.05) is 25.7 Å². The van der Waals surface area contributed by atoms with Crippen molar-refractivity contribution in [3.8, 4) is 5.75 Å². The lowest BCUT2D eigenvalue weighted by Crippen LogP contribution is -2.11. The van der Waals surface area contributed by atoms with Crippen molar-refractivity contribution in [2.24, 2.45) is 0 Å². The Morgan fingerprint density at radius 3 is 2.58 bits per heavy atom. The van der Waals surface area contributed by atoms with Crippen LogP contribution in [0.4, 0.5) is 0 Å². The second-order valence-corrected chi connectivity index (χ2v) is 7.34. The van der Waals surface area contributed by atoms with Crippen LogP contribution in [-0.4, -0.2) is 34.1 Å². The fourth-order valence-electron chi connectivity index (χ4n) is 1.59. The summed E-state index contributed by atoms with van der Waals surface area (Å²) in [5.41, 5.74) is 0.847. The molecule has 0 fully saturated rings. The molecule has 19 heavy (non-hydrogen) atoms. The average Bonchev–Trinajstić information content (AvgIpc) is 2.25. The molecule has 0 aromatic heterocycles. The van der Waals surface area contributed by atoms with Gasteiger partial charge < -0.3 is 10.1 Å². The Labute approximate surface area is 124 Å². The second-order valence-electron chi connectivity index (χ2n) is 4.24. The van der Waals surface area contributed by atoms with Gasteiger partial charge in [-0.05, 0) is 25.6 Å². The number of ether oxygens (including phenoxy) is 1. The van der Waals surface area contributed by atoms with Crippen LogP contribution in [0, 0.1) is 0 Å². The highest BCUT2D eigenvalue weighted by Gasteiger charge is 2.11. The van der Waals surface area contributed by atoms with Gasteiger partial charge in [-0.3, -0.25) is 0 Å². The third kappa shape index (κ3) is 5.99. The van der Waals surface area contributed by atoms with E-state index in [-0.39, 0.29) is 5.75 Å². The SMILES string of the molecule is CNCc1cc(Cl)cc(Cl)c1OCCCS(C)(=O)=O. The van der Waals surface area contributed by atoms with Crippen molar-refractivity contribution in [1.29, 1.82) is 0 Å². The summed E-state index contributed by atoms with van der Waals surface area (Å²) in [5.74, 6) is 0.647. The van der Waals surface area contributed by atoms with Gasteiger partial charge in [0.15, 0.2) is 0 Å². The predicted octanol–water partition coefficient (Wildman–Crippen LogP) is 2.53. The highest BCUT2D eigenvalue weighted by molar-refractivity contribution is 7.90. The largest absolute Gasteiger partial charge is 0.492 e. The van der Waals surface area contributed by atoms with Gasteiger partial charge in [0, 0.05) is 23.4 Å². The van der Waals surface area contributed by atoms with E-state index < -0.39 is 9.84 Å². The number of nitrogens with one attached hydrogen (secondary N) is 1. The predicted molar refractivity (Wildman–Crippen MR) is 79.0 cm³/mol. The zero-order valence-electron chi connectivity index (χ0n) is 10.9. The van der Waals surface area contributed by atoms with Gasteiger partial charge >= 0.3 is 0 Å². The average molecular weight is 326 g/mol. The van der Waals surface area contributed by atoms with Crippen LogP contribution in [0.3, 0.4) is 0 Å². The summed E-state index contributed by atoms with van der Waals surface area (Å²) < 4.78 is 27.6. The molecule has 0 aliphatic rings. The summed E-state index contributed by atoms with van der Waals surface area (Å²) in [4.78, 5) is 0. The fourth-order valence-corrected chi connectivity index (χ4v) is 2.82. The van der Waals surface area contributed by atoms with Crippen molar-refractivity contribution in [3.05, 3.63) is 27.7 Å². The molecule has 0 saturated carbocycles. The summed E-state index contributed by atoms with van der Waals surface area (Å²) in [5, 5.41) is 3.97. The Hall–Kier alpha value is -0.490. The summed E-state index contributed by atoms with van der Waals surface area (Å²) in [6.45, 7) is 0.868. The zero-order chi connectivity index (χ0) is 14.5. The van der Waals surface area contributed by atoms with Gasteiger partial charge in [-0.15, -0.1) is 0 Å². The number of hydrogen-bond acceptors (Lipinski definition) is 4. The van der Waals surface area contributed by atoms with Gasteiger partial charge in [0.1, 0.15) is 15.6 Å². The normalized spacial score (nSPS) is 11.6. The van der Waals surface area contributed by atoms with Crippen molar-refractivity contribution in [2.45, 2.75) is 13.0 Å². The summed E-state index contributed by atoms with van der Waals surface area (Å²) in [6, 6.07) is 3.38. The summed E-state index contributed by atoms with van der Waals surface area (Å²) >= 11 is 12.0. The number of halogens is 2. The maximum Gasteiger partial charge on any atom is 0.147 e. The first-order valence-electron chi connectivity index (χ1n) is 5.76. The highest BCUT2D eigenvalue weighted by Crippen LogP contribution is 2.32. The molecule has 1 aromatic carbocycles. The third-order valence-corrected chi connectivity index (χ3v) is 3.89. The molecule has 0 aliphatic heterocycles. The minimum atomic E-state index is -2.96. The van der Waals surface area contributed by atoms with Crippen LogP contribution in [0.2, 0.25) is 10.0 Å². The first-order valence-corrected chi connectivity index (χ1v) is 8.58. The Morgan fingerprint density at radius 2 is 2.00 bits per heavy atom. The van der Waals surface area contributed by atoms with Crippen LogP contribution in [0.15, 0.2) is 12.1 Å². The van der Waals surface area contributed by atoms with Crippen molar-refractivity contribution in [1.82, 2.24) is 5.32 Å². The minimum Gasteiger partial charge on any atom is -0.492 e. The fraction of sp³-hybridized carbons (Fsp3) is 0.500. The molecule has 0 bridgehead atoms. The van der Waals surface area contributed by atoms with Crippen LogP contribution >= 0.6 is 23.2 Å². The van der Waals surface area contributed by atoms with Gasteiger partial charge in [0.25, 0.3) is 0 Å². The zero-order valence-corrected chi connectivity index (χ0v) is 13.2. The molecular formula is C12H17Cl2NO3S. The molecule has 0 unspecified atom stereocenters. The Morgan fingerprint density at radius 1 is 1.32 bits per heavy atom. The number of sulfone groups is 1. The lowest BCUT2D eigenvalue weighted by molar-refractivity contribution is 0.314. The van der Waals surface area contributed by atoms with E-state index in [0.717, 1.165) is 5.56 Å². The monoisotopic (exact) mass is 325 g/mol. The molecule has 4 nitrogen and oxygen atoms in total. The Balaban J connectivity index is 2.71. The lowest BCUT2D eigenvalue weighted by atomic mass is 10.2. The molecule has 1 rings (SSSR count). The number of benzene rings is 1. The van der Waals surface area contributed by atoms with Gasteiger partial charge in [-0.1, -0.05) is 23.2 Å². The highest BCUT2D eigenvalue weighted by atomic mass is 35.5. The van der Waals surface area contributed by atoms with E-state index >= 15 is 0 Å². The quantitative estimate of drug-likeness (QED) is 0.783. The first-order chi connectivity index (χ1) is 8.83. The van der Waals surface area contributed by atoms with E-state index in [2.05, 4.69) is 5.32 Å². The van der Waals surface area contributed by atoms with E-state index in [4.69, 9.17) is 27.9 Å². The topological polar surface area (TPSA) is 55.4 Å².